The Labute approximate surface area is 133 Å². The highest BCUT2D eigenvalue weighted by Gasteiger charge is 2.34. The first-order valence-electron chi connectivity index (χ1n) is 7.83. The number of carbonyl (C=O) groups is 1. The van der Waals surface area contributed by atoms with Gasteiger partial charge in [0, 0.05) is 13.0 Å². The molecule has 1 amide bonds. The van der Waals surface area contributed by atoms with Crippen molar-refractivity contribution in [3.05, 3.63) is 35.9 Å². The number of nitrogens with one attached hydrogen (secondary N) is 1. The maximum Gasteiger partial charge on any atom is 0.265 e. The SMILES string of the molecule is C[C@@H]1Oc2ccccc2O[C@@H]1C(=O)NCc1nnc2n1CCC2. The van der Waals surface area contributed by atoms with Crippen molar-refractivity contribution in [2.24, 2.45) is 0 Å². The van der Waals surface area contributed by atoms with Crippen molar-refractivity contribution in [3.8, 4) is 11.5 Å². The van der Waals surface area contributed by atoms with Gasteiger partial charge in [-0.25, -0.2) is 0 Å². The third-order valence-corrected chi connectivity index (χ3v) is 4.21. The minimum absolute atomic E-state index is 0.206. The Hall–Kier alpha value is -2.57. The lowest BCUT2D eigenvalue weighted by molar-refractivity contribution is -0.133. The fraction of sp³-hybridized carbons (Fsp3) is 0.438. The van der Waals surface area contributed by atoms with Crippen LogP contribution in [0.2, 0.25) is 0 Å². The molecule has 0 radical (unpaired) electrons. The van der Waals surface area contributed by atoms with E-state index in [2.05, 4.69) is 20.1 Å². The maximum absolute atomic E-state index is 12.4. The van der Waals surface area contributed by atoms with Gasteiger partial charge >= 0.3 is 0 Å². The normalized spacial score (nSPS) is 21.8. The molecular weight excluding hydrogens is 296 g/mol. The zero-order valence-electron chi connectivity index (χ0n) is 12.9. The van der Waals surface area contributed by atoms with Gasteiger partial charge in [0.1, 0.15) is 11.9 Å². The van der Waals surface area contributed by atoms with Crippen LogP contribution in [-0.2, 0) is 24.3 Å². The second kappa shape index (κ2) is 5.57. The number of aryl methyl sites for hydroxylation is 1. The summed E-state index contributed by atoms with van der Waals surface area (Å²) in [5.74, 6) is 2.83. The Bertz CT molecular complexity index is 743. The molecule has 1 N–H and O–H groups in total. The summed E-state index contributed by atoms with van der Waals surface area (Å²) in [6, 6.07) is 7.36. The summed E-state index contributed by atoms with van der Waals surface area (Å²) in [6.45, 7) is 3.09. The summed E-state index contributed by atoms with van der Waals surface area (Å²) in [7, 11) is 0. The number of hydrogen-bond donors (Lipinski definition) is 1. The molecule has 7 heteroatoms. The van der Waals surface area contributed by atoms with Crippen molar-refractivity contribution in [2.75, 3.05) is 0 Å². The minimum atomic E-state index is -0.675. The van der Waals surface area contributed by atoms with Crippen LogP contribution in [0.15, 0.2) is 24.3 Å². The van der Waals surface area contributed by atoms with Gasteiger partial charge in [0.05, 0.1) is 6.54 Å². The monoisotopic (exact) mass is 314 g/mol. The number of benzene rings is 1. The van der Waals surface area contributed by atoms with E-state index < -0.39 is 6.10 Å². The van der Waals surface area contributed by atoms with Crippen LogP contribution in [0.3, 0.4) is 0 Å². The van der Waals surface area contributed by atoms with E-state index >= 15 is 0 Å². The Kier molecular flexibility index (Phi) is 3.40. The molecule has 0 bridgehead atoms. The Balaban J connectivity index is 1.43. The van der Waals surface area contributed by atoms with Crippen LogP contribution >= 0.6 is 0 Å². The lowest BCUT2D eigenvalue weighted by Crippen LogP contribution is -2.49. The first kappa shape index (κ1) is 14.0. The minimum Gasteiger partial charge on any atom is -0.482 e. The number of fused-ring (bicyclic) bond motifs is 2. The van der Waals surface area contributed by atoms with Crippen molar-refractivity contribution in [1.29, 1.82) is 0 Å². The molecule has 4 rings (SSSR count). The number of carbonyl (C=O) groups excluding carboxylic acids is 1. The van der Waals surface area contributed by atoms with Crippen molar-refractivity contribution in [1.82, 2.24) is 20.1 Å². The van der Waals surface area contributed by atoms with E-state index in [0.717, 1.165) is 31.0 Å². The van der Waals surface area contributed by atoms with Crippen molar-refractivity contribution < 1.29 is 14.3 Å². The van der Waals surface area contributed by atoms with Crippen molar-refractivity contribution in [2.45, 2.75) is 45.1 Å². The number of ether oxygens (including phenoxy) is 2. The van der Waals surface area contributed by atoms with E-state index in [1.54, 1.807) is 6.07 Å². The Morgan fingerprint density at radius 1 is 1.30 bits per heavy atom. The smallest absolute Gasteiger partial charge is 0.265 e. The van der Waals surface area contributed by atoms with Crippen LogP contribution in [0.1, 0.15) is 25.0 Å². The summed E-state index contributed by atoms with van der Waals surface area (Å²) in [4.78, 5) is 12.4. The Morgan fingerprint density at radius 2 is 2.09 bits per heavy atom. The van der Waals surface area contributed by atoms with Gasteiger partial charge in [-0.05, 0) is 25.5 Å². The number of amides is 1. The zero-order chi connectivity index (χ0) is 15.8. The first-order chi connectivity index (χ1) is 11.2. The predicted octanol–water partition coefficient (Wildman–Crippen LogP) is 1.07. The standard InChI is InChI=1S/C16H18N4O3/c1-10-15(23-12-6-3-2-5-11(12)22-10)16(21)17-9-14-19-18-13-7-4-8-20(13)14/h2-3,5-6,10,15H,4,7-9H2,1H3,(H,17,21)/t10-,15-/m0/s1. The summed E-state index contributed by atoms with van der Waals surface area (Å²) in [5, 5.41) is 11.2. The van der Waals surface area contributed by atoms with E-state index in [9.17, 15) is 4.79 Å². The molecule has 0 spiro atoms. The molecule has 0 saturated heterocycles. The van der Waals surface area contributed by atoms with Gasteiger partial charge < -0.3 is 19.4 Å². The van der Waals surface area contributed by atoms with E-state index in [1.807, 2.05) is 25.1 Å². The second-order valence-corrected chi connectivity index (χ2v) is 5.81. The fourth-order valence-corrected chi connectivity index (χ4v) is 3.01. The lowest BCUT2D eigenvalue weighted by Gasteiger charge is -2.30. The number of aromatic nitrogens is 3. The molecule has 7 nitrogen and oxygen atoms in total. The lowest BCUT2D eigenvalue weighted by atomic mass is 10.1. The Morgan fingerprint density at radius 3 is 2.91 bits per heavy atom. The molecule has 0 fully saturated rings. The third kappa shape index (κ3) is 2.52. The fourth-order valence-electron chi connectivity index (χ4n) is 3.01. The van der Waals surface area contributed by atoms with Gasteiger partial charge in [0.15, 0.2) is 17.3 Å². The molecule has 3 heterocycles. The van der Waals surface area contributed by atoms with Gasteiger partial charge in [0.2, 0.25) is 6.10 Å². The molecule has 1 aromatic heterocycles. The number of rotatable bonds is 3. The number of hydrogen-bond acceptors (Lipinski definition) is 5. The molecule has 1 aromatic carbocycles. The number of nitrogens with zero attached hydrogens (tertiary/aromatic N) is 3. The summed E-state index contributed by atoms with van der Waals surface area (Å²) >= 11 is 0. The highest BCUT2D eigenvalue weighted by molar-refractivity contribution is 5.82. The topological polar surface area (TPSA) is 78.3 Å². The highest BCUT2D eigenvalue weighted by atomic mass is 16.6. The van der Waals surface area contributed by atoms with Crippen LogP contribution in [0.25, 0.3) is 0 Å². The molecule has 23 heavy (non-hydrogen) atoms. The molecule has 0 unspecified atom stereocenters. The van der Waals surface area contributed by atoms with Gasteiger partial charge in [-0.2, -0.15) is 0 Å². The molecule has 0 aliphatic carbocycles. The average molecular weight is 314 g/mol. The first-order valence-corrected chi connectivity index (χ1v) is 7.83. The largest absolute Gasteiger partial charge is 0.482 e. The summed E-state index contributed by atoms with van der Waals surface area (Å²) < 4.78 is 13.6. The van der Waals surface area contributed by atoms with Crippen LogP contribution < -0.4 is 14.8 Å². The van der Waals surface area contributed by atoms with Gasteiger partial charge in [-0.1, -0.05) is 12.1 Å². The van der Waals surface area contributed by atoms with E-state index in [0.29, 0.717) is 18.0 Å². The molecule has 2 aromatic rings. The van der Waals surface area contributed by atoms with Crippen LogP contribution in [-0.4, -0.2) is 32.9 Å². The van der Waals surface area contributed by atoms with E-state index in [1.165, 1.54) is 0 Å². The van der Waals surface area contributed by atoms with Gasteiger partial charge in [0.25, 0.3) is 5.91 Å². The zero-order valence-corrected chi connectivity index (χ0v) is 12.9. The molecule has 0 saturated carbocycles. The van der Waals surface area contributed by atoms with Gasteiger partial charge in [-0.3, -0.25) is 4.79 Å². The number of para-hydroxylation sites is 2. The quantitative estimate of drug-likeness (QED) is 0.917. The second-order valence-electron chi connectivity index (χ2n) is 5.81. The maximum atomic E-state index is 12.4. The van der Waals surface area contributed by atoms with Crippen molar-refractivity contribution >= 4 is 5.91 Å². The molecule has 2 atom stereocenters. The van der Waals surface area contributed by atoms with E-state index in [-0.39, 0.29) is 12.0 Å². The highest BCUT2D eigenvalue weighted by Crippen LogP contribution is 2.33. The predicted molar refractivity (Wildman–Crippen MR) is 81.1 cm³/mol. The average Bonchev–Trinajstić information content (AvgIpc) is 3.15. The third-order valence-electron chi connectivity index (χ3n) is 4.21. The summed E-state index contributed by atoms with van der Waals surface area (Å²) in [5.41, 5.74) is 0. The van der Waals surface area contributed by atoms with Crippen LogP contribution in [0.4, 0.5) is 0 Å². The van der Waals surface area contributed by atoms with Crippen LogP contribution in [0, 0.1) is 0 Å². The molecule has 120 valence electrons. The molecular formula is C16H18N4O3. The summed E-state index contributed by atoms with van der Waals surface area (Å²) in [6.07, 6.45) is 1.01. The molecule has 2 aliphatic heterocycles. The van der Waals surface area contributed by atoms with Crippen LogP contribution in [0.5, 0.6) is 11.5 Å². The van der Waals surface area contributed by atoms with Gasteiger partial charge in [-0.15, -0.1) is 10.2 Å². The van der Waals surface area contributed by atoms with Crippen molar-refractivity contribution in [3.63, 3.8) is 0 Å². The molecule has 2 aliphatic rings. The van der Waals surface area contributed by atoms with E-state index in [4.69, 9.17) is 9.47 Å².